The minimum absolute atomic E-state index is 0.383. The van der Waals surface area contributed by atoms with Gasteiger partial charge in [-0.3, -0.25) is 0 Å². The van der Waals surface area contributed by atoms with Gasteiger partial charge in [0, 0.05) is 12.1 Å². The maximum absolute atomic E-state index is 11.3. The molecule has 12 heavy (non-hydrogen) atoms. The monoisotopic (exact) mass is 189 g/mol. The van der Waals surface area contributed by atoms with Gasteiger partial charge in [0.2, 0.25) is 0 Å². The summed E-state index contributed by atoms with van der Waals surface area (Å²) >= 11 is 0. The van der Waals surface area contributed by atoms with Gasteiger partial charge in [-0.2, -0.15) is 0 Å². The van der Waals surface area contributed by atoms with Crippen LogP contribution in [0.4, 0.5) is 0 Å². The maximum atomic E-state index is 11.3. The molecule has 1 N–H and O–H groups in total. The molecule has 0 amide bonds. The molecule has 0 aromatic carbocycles. The van der Waals surface area contributed by atoms with E-state index in [4.69, 9.17) is 0 Å². The Hall–Kier alpha value is -0.0900. The molecule has 2 aliphatic heterocycles. The van der Waals surface area contributed by atoms with Gasteiger partial charge < -0.3 is 5.32 Å². The van der Waals surface area contributed by atoms with E-state index in [2.05, 4.69) is 12.2 Å². The summed E-state index contributed by atoms with van der Waals surface area (Å²) in [4.78, 5) is 0. The van der Waals surface area contributed by atoms with Crippen LogP contribution in [0.5, 0.6) is 0 Å². The van der Waals surface area contributed by atoms with E-state index < -0.39 is 9.84 Å². The molecule has 0 saturated carbocycles. The van der Waals surface area contributed by atoms with Gasteiger partial charge in [0.15, 0.2) is 9.84 Å². The molecule has 4 heteroatoms. The first-order valence-electron chi connectivity index (χ1n) is 4.53. The molecule has 2 saturated heterocycles. The number of hydrogen-bond acceptors (Lipinski definition) is 3. The Labute approximate surface area is 73.5 Å². The van der Waals surface area contributed by atoms with Crippen LogP contribution < -0.4 is 5.32 Å². The summed E-state index contributed by atoms with van der Waals surface area (Å²) in [5.41, 5.74) is 0. The first-order chi connectivity index (χ1) is 5.57. The van der Waals surface area contributed by atoms with E-state index >= 15 is 0 Å². The summed E-state index contributed by atoms with van der Waals surface area (Å²) < 4.78 is 22.5. The maximum Gasteiger partial charge on any atom is 0.150 e. The Balaban J connectivity index is 2.12. The van der Waals surface area contributed by atoms with Crippen LogP contribution >= 0.6 is 0 Å². The minimum atomic E-state index is -2.70. The van der Waals surface area contributed by atoms with Gasteiger partial charge in [0.25, 0.3) is 0 Å². The fraction of sp³-hybridized carbons (Fsp3) is 1.00. The van der Waals surface area contributed by atoms with Crippen LogP contribution in [0.15, 0.2) is 0 Å². The average Bonchev–Trinajstić information content (AvgIpc) is 2.26. The Morgan fingerprint density at radius 2 is 2.17 bits per heavy atom. The molecule has 3 unspecified atom stereocenters. The van der Waals surface area contributed by atoms with Crippen molar-refractivity contribution < 1.29 is 8.42 Å². The van der Waals surface area contributed by atoms with E-state index in [1.54, 1.807) is 0 Å². The summed E-state index contributed by atoms with van der Waals surface area (Å²) in [6.45, 7) is 2.13. The first-order valence-corrected chi connectivity index (χ1v) is 6.35. The molecule has 0 aromatic rings. The Morgan fingerprint density at radius 3 is 2.92 bits per heavy atom. The van der Waals surface area contributed by atoms with Crippen LogP contribution in [0.25, 0.3) is 0 Å². The van der Waals surface area contributed by atoms with Gasteiger partial charge in [-0.25, -0.2) is 8.42 Å². The Bertz CT molecular complexity index is 273. The number of sulfone groups is 1. The average molecular weight is 189 g/mol. The summed E-state index contributed by atoms with van der Waals surface area (Å²) in [6, 6.07) is 0.983. The van der Waals surface area contributed by atoms with Gasteiger partial charge in [0.05, 0.1) is 11.5 Å². The van der Waals surface area contributed by atoms with Gasteiger partial charge in [-0.05, 0) is 25.7 Å². The fourth-order valence-electron chi connectivity index (χ4n) is 2.41. The number of hydrogen-bond donors (Lipinski definition) is 1. The van der Waals surface area contributed by atoms with E-state index in [9.17, 15) is 8.42 Å². The van der Waals surface area contributed by atoms with E-state index in [1.807, 2.05) is 0 Å². The lowest BCUT2D eigenvalue weighted by atomic mass is 9.99. The van der Waals surface area contributed by atoms with Crippen molar-refractivity contribution in [3.8, 4) is 0 Å². The highest BCUT2D eigenvalue weighted by Crippen LogP contribution is 2.28. The quantitative estimate of drug-likeness (QED) is 0.591. The molecule has 2 heterocycles. The molecule has 0 bridgehead atoms. The highest BCUT2D eigenvalue weighted by molar-refractivity contribution is 7.91. The molecule has 0 aliphatic carbocycles. The lowest BCUT2D eigenvalue weighted by Gasteiger charge is -2.24. The van der Waals surface area contributed by atoms with E-state index in [0.717, 1.165) is 12.8 Å². The van der Waals surface area contributed by atoms with Gasteiger partial charge in [0.1, 0.15) is 0 Å². The van der Waals surface area contributed by atoms with E-state index in [0.29, 0.717) is 29.5 Å². The third-order valence-corrected chi connectivity index (χ3v) is 4.73. The fourth-order valence-corrected chi connectivity index (χ4v) is 4.21. The third kappa shape index (κ3) is 1.50. The second-order valence-corrected chi connectivity index (χ2v) is 6.30. The lowest BCUT2D eigenvalue weighted by molar-refractivity contribution is 0.441. The molecule has 2 aliphatic rings. The summed E-state index contributed by atoms with van der Waals surface area (Å²) in [5, 5.41) is 3.43. The summed E-state index contributed by atoms with van der Waals surface area (Å²) in [6.07, 6.45) is 1.85. The van der Waals surface area contributed by atoms with Crippen LogP contribution in [0.1, 0.15) is 19.8 Å². The molecular weight excluding hydrogens is 174 g/mol. The predicted octanol–water partition coefficient (Wildman–Crippen LogP) is 0.172. The normalized spacial score (nSPS) is 45.6. The zero-order valence-corrected chi connectivity index (χ0v) is 8.10. The Morgan fingerprint density at radius 1 is 1.42 bits per heavy atom. The van der Waals surface area contributed by atoms with Crippen LogP contribution in [0.3, 0.4) is 0 Å². The minimum Gasteiger partial charge on any atom is -0.311 e. The zero-order valence-electron chi connectivity index (χ0n) is 7.29. The number of fused-ring (bicyclic) bond motifs is 1. The number of nitrogens with one attached hydrogen (secondary N) is 1. The van der Waals surface area contributed by atoms with Crippen LogP contribution in [0.2, 0.25) is 0 Å². The molecule has 0 aromatic heterocycles. The molecule has 70 valence electrons. The largest absolute Gasteiger partial charge is 0.311 e. The first kappa shape index (κ1) is 8.51. The van der Waals surface area contributed by atoms with Crippen molar-refractivity contribution >= 4 is 9.84 Å². The number of rotatable bonds is 0. The molecule has 2 fully saturated rings. The summed E-state index contributed by atoms with van der Waals surface area (Å²) in [7, 11) is -2.70. The molecule has 2 rings (SSSR count). The standard InChI is InChI=1S/C8H15NO2S/c1-6-4-7-5-12(10,11)3-2-8(7)9-6/h6-9H,2-5H2,1H3. The molecule has 0 radical (unpaired) electrons. The summed E-state index contributed by atoms with van der Waals surface area (Å²) in [5.74, 6) is 1.18. The van der Waals surface area contributed by atoms with Crippen molar-refractivity contribution in [1.29, 1.82) is 0 Å². The Kier molecular flexibility index (Phi) is 1.92. The second-order valence-electron chi connectivity index (χ2n) is 4.07. The third-order valence-electron chi connectivity index (χ3n) is 2.93. The second kappa shape index (κ2) is 2.70. The van der Waals surface area contributed by atoms with Crippen molar-refractivity contribution in [3.05, 3.63) is 0 Å². The van der Waals surface area contributed by atoms with Gasteiger partial charge in [-0.1, -0.05) is 0 Å². The molecule has 3 atom stereocenters. The van der Waals surface area contributed by atoms with Crippen molar-refractivity contribution in [2.24, 2.45) is 5.92 Å². The van der Waals surface area contributed by atoms with Gasteiger partial charge in [-0.15, -0.1) is 0 Å². The lowest BCUT2D eigenvalue weighted by Crippen LogP contribution is -2.39. The van der Waals surface area contributed by atoms with Crippen LogP contribution in [-0.2, 0) is 9.84 Å². The van der Waals surface area contributed by atoms with Crippen molar-refractivity contribution in [2.45, 2.75) is 31.8 Å². The SMILES string of the molecule is CC1CC2CS(=O)(=O)CCC2N1. The van der Waals surface area contributed by atoms with Gasteiger partial charge >= 0.3 is 0 Å². The van der Waals surface area contributed by atoms with Crippen molar-refractivity contribution in [3.63, 3.8) is 0 Å². The zero-order chi connectivity index (χ0) is 8.77. The molecular formula is C8H15NO2S. The van der Waals surface area contributed by atoms with E-state index in [1.165, 1.54) is 0 Å². The van der Waals surface area contributed by atoms with Crippen LogP contribution in [-0.4, -0.2) is 32.0 Å². The van der Waals surface area contributed by atoms with Crippen molar-refractivity contribution in [1.82, 2.24) is 5.32 Å². The highest BCUT2D eigenvalue weighted by atomic mass is 32.2. The van der Waals surface area contributed by atoms with Crippen LogP contribution in [0, 0.1) is 5.92 Å². The van der Waals surface area contributed by atoms with E-state index in [-0.39, 0.29) is 0 Å². The smallest absolute Gasteiger partial charge is 0.150 e. The topological polar surface area (TPSA) is 46.2 Å². The molecule has 0 spiro atoms. The highest BCUT2D eigenvalue weighted by Gasteiger charge is 2.38. The van der Waals surface area contributed by atoms with Crippen molar-refractivity contribution in [2.75, 3.05) is 11.5 Å². The molecule has 3 nitrogen and oxygen atoms in total. The predicted molar refractivity (Wildman–Crippen MR) is 47.8 cm³/mol.